The number of carbonyl (C=O) groups excluding carboxylic acids is 1. The molecule has 19 heavy (non-hydrogen) atoms. The summed E-state index contributed by atoms with van der Waals surface area (Å²) in [5.74, 6) is -0.0523. The van der Waals surface area contributed by atoms with E-state index in [-0.39, 0.29) is 5.78 Å². The van der Waals surface area contributed by atoms with Gasteiger partial charge in [0.05, 0.1) is 0 Å². The van der Waals surface area contributed by atoms with E-state index in [1.165, 1.54) is 0 Å². The first-order chi connectivity index (χ1) is 9.19. The number of ketones is 1. The van der Waals surface area contributed by atoms with Gasteiger partial charge in [0.2, 0.25) is 0 Å². The summed E-state index contributed by atoms with van der Waals surface area (Å²) < 4.78 is 0. The molecule has 0 aromatic heterocycles. The third-order valence-corrected chi connectivity index (χ3v) is 2.62. The van der Waals surface area contributed by atoms with Crippen LogP contribution in [0.3, 0.4) is 0 Å². The van der Waals surface area contributed by atoms with Crippen molar-refractivity contribution in [2.75, 3.05) is 0 Å². The largest absolute Gasteiger partial charge is 0.289 e. The molecule has 0 atom stereocenters. The van der Waals surface area contributed by atoms with E-state index in [0.717, 1.165) is 10.9 Å². The Bertz CT molecular complexity index is 554. The SMILES string of the molecule is C=C/C=C\C1=C(C=C)[B]C(=C/C=C)/C(=C\C=C)C1=O. The molecule has 0 N–H and O–H groups in total. The highest BCUT2D eigenvalue weighted by Gasteiger charge is 2.25. The Morgan fingerprint density at radius 3 is 2.16 bits per heavy atom. The number of Topliss-reactive ketones (excluding diaryl/α,β-unsaturated/α-hetero) is 1. The average Bonchev–Trinajstić information content (AvgIpc) is 2.41. The van der Waals surface area contributed by atoms with Crippen molar-refractivity contribution >= 4 is 13.1 Å². The highest BCUT2D eigenvalue weighted by atomic mass is 16.1. The van der Waals surface area contributed by atoms with E-state index >= 15 is 0 Å². The van der Waals surface area contributed by atoms with Crippen LogP contribution >= 0.6 is 0 Å². The van der Waals surface area contributed by atoms with E-state index in [2.05, 4.69) is 26.3 Å². The molecule has 0 aromatic rings. The summed E-state index contributed by atoms with van der Waals surface area (Å²) in [5, 5.41) is 0. The molecule has 0 aliphatic carbocycles. The highest BCUT2D eigenvalue weighted by Crippen LogP contribution is 2.26. The fourth-order valence-electron chi connectivity index (χ4n) is 1.79. The minimum absolute atomic E-state index is 0.0523. The second kappa shape index (κ2) is 7.17. The van der Waals surface area contributed by atoms with Gasteiger partial charge in [-0.3, -0.25) is 4.79 Å². The fourth-order valence-corrected chi connectivity index (χ4v) is 1.79. The first kappa shape index (κ1) is 14.7. The number of hydrogen-bond acceptors (Lipinski definition) is 1. The molecule has 1 nitrogen and oxygen atoms in total. The van der Waals surface area contributed by atoms with Crippen LogP contribution in [-0.2, 0) is 4.79 Å². The summed E-state index contributed by atoms with van der Waals surface area (Å²) in [6.07, 6.45) is 13.5. The van der Waals surface area contributed by atoms with Crippen molar-refractivity contribution in [2.45, 2.75) is 0 Å². The lowest BCUT2D eigenvalue weighted by atomic mass is 9.54. The van der Waals surface area contributed by atoms with Gasteiger partial charge in [-0.25, -0.2) is 0 Å². The van der Waals surface area contributed by atoms with E-state index in [4.69, 9.17) is 0 Å². The molecule has 93 valence electrons. The molecule has 1 aliphatic rings. The van der Waals surface area contributed by atoms with Gasteiger partial charge in [0.25, 0.3) is 0 Å². The van der Waals surface area contributed by atoms with Crippen LogP contribution in [0.4, 0.5) is 0 Å². The lowest BCUT2D eigenvalue weighted by molar-refractivity contribution is -0.111. The van der Waals surface area contributed by atoms with Gasteiger partial charge in [-0.2, -0.15) is 0 Å². The molecule has 0 unspecified atom stereocenters. The van der Waals surface area contributed by atoms with Crippen LogP contribution in [0, 0.1) is 0 Å². The minimum atomic E-state index is -0.0523. The van der Waals surface area contributed by atoms with Gasteiger partial charge < -0.3 is 0 Å². The van der Waals surface area contributed by atoms with Crippen molar-refractivity contribution in [3.63, 3.8) is 0 Å². The topological polar surface area (TPSA) is 17.1 Å². The molecule has 0 amide bonds. The Morgan fingerprint density at radius 2 is 1.63 bits per heavy atom. The van der Waals surface area contributed by atoms with E-state index in [1.54, 1.807) is 48.6 Å². The molecule has 0 bridgehead atoms. The average molecular weight is 247 g/mol. The smallest absolute Gasteiger partial charge is 0.193 e. The zero-order chi connectivity index (χ0) is 14.3. The monoisotopic (exact) mass is 247 g/mol. The predicted molar refractivity (Wildman–Crippen MR) is 83.9 cm³/mol. The Hall–Kier alpha value is -2.35. The van der Waals surface area contributed by atoms with Crippen LogP contribution in [0.15, 0.2) is 97.0 Å². The fraction of sp³-hybridized carbons (Fsp3) is 0. The number of carbonyl (C=O) groups is 1. The van der Waals surface area contributed by atoms with Gasteiger partial charge in [0.1, 0.15) is 0 Å². The first-order valence-corrected chi connectivity index (χ1v) is 5.90. The zero-order valence-electron chi connectivity index (χ0n) is 10.9. The van der Waals surface area contributed by atoms with E-state index < -0.39 is 0 Å². The van der Waals surface area contributed by atoms with Gasteiger partial charge in [-0.05, 0) is 0 Å². The number of hydrogen-bond donors (Lipinski definition) is 0. The lowest BCUT2D eigenvalue weighted by Gasteiger charge is -2.19. The Morgan fingerprint density at radius 1 is 0.947 bits per heavy atom. The van der Waals surface area contributed by atoms with Crippen molar-refractivity contribution in [1.82, 2.24) is 0 Å². The molecule has 1 heterocycles. The summed E-state index contributed by atoms with van der Waals surface area (Å²) in [5.41, 5.74) is 2.80. The normalized spacial score (nSPS) is 19.7. The van der Waals surface area contributed by atoms with Crippen LogP contribution in [0.1, 0.15) is 0 Å². The van der Waals surface area contributed by atoms with Crippen LogP contribution in [-0.4, -0.2) is 13.1 Å². The first-order valence-electron chi connectivity index (χ1n) is 5.90. The molecule has 0 fully saturated rings. The van der Waals surface area contributed by atoms with Crippen LogP contribution < -0.4 is 0 Å². The molecule has 0 spiro atoms. The number of rotatable bonds is 5. The molecule has 0 saturated carbocycles. The van der Waals surface area contributed by atoms with Crippen molar-refractivity contribution in [3.8, 4) is 0 Å². The summed E-state index contributed by atoms with van der Waals surface area (Å²) in [6, 6.07) is 0. The van der Waals surface area contributed by atoms with Gasteiger partial charge >= 0.3 is 0 Å². The van der Waals surface area contributed by atoms with Crippen molar-refractivity contribution in [2.24, 2.45) is 0 Å². The summed E-state index contributed by atoms with van der Waals surface area (Å²) in [4.78, 5) is 12.5. The number of allylic oxidation sites excluding steroid dienone is 12. The molecule has 2 heteroatoms. The summed E-state index contributed by atoms with van der Waals surface area (Å²) >= 11 is 0. The second-order valence-corrected chi connectivity index (χ2v) is 3.82. The molecule has 0 aromatic carbocycles. The third-order valence-electron chi connectivity index (χ3n) is 2.62. The van der Waals surface area contributed by atoms with E-state index in [9.17, 15) is 4.79 Å². The quantitative estimate of drug-likeness (QED) is 0.412. The van der Waals surface area contributed by atoms with Crippen molar-refractivity contribution < 1.29 is 4.79 Å². The minimum Gasteiger partial charge on any atom is -0.289 e. The van der Waals surface area contributed by atoms with Crippen LogP contribution in [0.2, 0.25) is 0 Å². The van der Waals surface area contributed by atoms with E-state index in [1.807, 2.05) is 7.28 Å². The van der Waals surface area contributed by atoms with Gasteiger partial charge in [-0.15, -0.1) is 0 Å². The van der Waals surface area contributed by atoms with Crippen LogP contribution in [0.5, 0.6) is 0 Å². The standard InChI is InChI=1S/C17H16BO/c1-5-9-12-14-15(8-4)18-16(11-7-3)13(10-6-2)17(14)19/h5-12H,1-4H2/b12-9-,13-10+,16-11+. The lowest BCUT2D eigenvalue weighted by Crippen LogP contribution is -2.21. The molecule has 1 aliphatic heterocycles. The second-order valence-electron chi connectivity index (χ2n) is 3.82. The Kier molecular flexibility index (Phi) is 5.55. The Balaban J connectivity index is 3.44. The third kappa shape index (κ3) is 3.32. The van der Waals surface area contributed by atoms with Crippen LogP contribution in [0.25, 0.3) is 0 Å². The van der Waals surface area contributed by atoms with E-state index in [0.29, 0.717) is 11.1 Å². The summed E-state index contributed by atoms with van der Waals surface area (Å²) in [7, 11) is 1.91. The summed E-state index contributed by atoms with van der Waals surface area (Å²) in [6.45, 7) is 14.7. The molecular weight excluding hydrogens is 231 g/mol. The molecule has 1 radical (unpaired) electrons. The molecule has 0 saturated heterocycles. The zero-order valence-corrected chi connectivity index (χ0v) is 10.9. The molecule has 1 rings (SSSR count). The van der Waals surface area contributed by atoms with Crippen molar-refractivity contribution in [1.29, 1.82) is 0 Å². The maximum absolute atomic E-state index is 12.5. The van der Waals surface area contributed by atoms with Gasteiger partial charge in [0, 0.05) is 11.1 Å². The van der Waals surface area contributed by atoms with Gasteiger partial charge in [-0.1, -0.05) is 85.9 Å². The maximum atomic E-state index is 12.5. The van der Waals surface area contributed by atoms with Gasteiger partial charge in [0.15, 0.2) is 13.1 Å². The highest BCUT2D eigenvalue weighted by molar-refractivity contribution is 6.61. The predicted octanol–water partition coefficient (Wildman–Crippen LogP) is 3.64. The van der Waals surface area contributed by atoms with Crippen molar-refractivity contribution in [3.05, 3.63) is 97.0 Å². The molecular formula is C17H16BO. The maximum Gasteiger partial charge on any atom is 0.193 e. The Labute approximate surface area is 115 Å².